The van der Waals surface area contributed by atoms with Gasteiger partial charge in [-0.15, -0.1) is 11.6 Å². The van der Waals surface area contributed by atoms with Crippen LogP contribution in [-0.4, -0.2) is 84.6 Å². The third-order valence-corrected chi connectivity index (χ3v) is 9.90. The van der Waals surface area contributed by atoms with Crippen molar-refractivity contribution in [3.63, 3.8) is 0 Å². The van der Waals surface area contributed by atoms with Gasteiger partial charge in [-0.2, -0.15) is 0 Å². The molecule has 2 aromatic carbocycles. The minimum atomic E-state index is -0.286. The van der Waals surface area contributed by atoms with Crippen LogP contribution in [0.3, 0.4) is 0 Å². The molecular weight excluding hydrogens is 663 g/mol. The van der Waals surface area contributed by atoms with Crippen LogP contribution in [-0.2, 0) is 4.79 Å². The van der Waals surface area contributed by atoms with Crippen LogP contribution in [0.2, 0.25) is 10.0 Å². The normalized spacial score (nSPS) is 15.3. The number of alkyl halides is 1. The second-order valence-corrected chi connectivity index (χ2v) is 12.6. The average Bonchev–Trinajstić information content (AvgIpc) is 3.83. The number of aromatic nitrogens is 3. The summed E-state index contributed by atoms with van der Waals surface area (Å²) >= 11 is 19.6. The third kappa shape index (κ3) is 5.77. The molecule has 0 unspecified atom stereocenters. The van der Waals surface area contributed by atoms with Gasteiger partial charge in [-0.1, -0.05) is 23.2 Å². The van der Waals surface area contributed by atoms with E-state index < -0.39 is 0 Å². The average molecular weight is 696 g/mol. The molecule has 7 rings (SSSR count). The smallest absolute Gasteiger partial charge is 0.239 e. The second-order valence-electron chi connectivity index (χ2n) is 11.6. The van der Waals surface area contributed by atoms with E-state index in [0.29, 0.717) is 61.5 Å². The van der Waals surface area contributed by atoms with E-state index in [1.165, 1.54) is 27.1 Å². The summed E-state index contributed by atoms with van der Waals surface area (Å²) in [6.07, 6.45) is 7.94. The number of hydrogen-bond donors (Lipinski definition) is 1. The van der Waals surface area contributed by atoms with Crippen LogP contribution in [0.1, 0.15) is 12.8 Å². The molecule has 0 atom stereocenters. The Morgan fingerprint density at radius 2 is 1.60 bits per heavy atom. The highest BCUT2D eigenvalue weighted by Crippen LogP contribution is 2.48. The van der Waals surface area contributed by atoms with E-state index in [-0.39, 0.29) is 11.8 Å². The number of piperazine rings is 1. The van der Waals surface area contributed by atoms with E-state index in [1.54, 1.807) is 25.6 Å². The summed E-state index contributed by atoms with van der Waals surface area (Å²) in [5.41, 5.74) is 5.65. The Morgan fingerprint density at radius 1 is 0.894 bits per heavy atom. The molecule has 244 valence electrons. The van der Waals surface area contributed by atoms with Gasteiger partial charge in [0.05, 0.1) is 54.0 Å². The first-order valence-corrected chi connectivity index (χ1v) is 16.6. The number of imidazole rings is 1. The number of methoxy groups -OCH3 is 3. The maximum atomic E-state index is 12.6. The van der Waals surface area contributed by atoms with Crippen LogP contribution >= 0.6 is 34.8 Å². The highest BCUT2D eigenvalue weighted by Gasteiger charge is 2.32. The fraction of sp³-hybridized carbons (Fsp3) is 0.324. The van der Waals surface area contributed by atoms with Crippen LogP contribution in [0.5, 0.6) is 17.2 Å². The highest BCUT2D eigenvalue weighted by atomic mass is 35.5. The molecule has 2 aliphatic rings. The number of hydrogen-bond acceptors (Lipinski definition) is 8. The number of rotatable bonds is 9. The number of carbonyl (C=O) groups excluding carboxylic acids is 1. The summed E-state index contributed by atoms with van der Waals surface area (Å²) in [6.45, 7) is 3.66. The second kappa shape index (κ2) is 12.9. The number of halogens is 3. The van der Waals surface area contributed by atoms with Gasteiger partial charge >= 0.3 is 0 Å². The predicted molar refractivity (Wildman–Crippen MR) is 187 cm³/mol. The van der Waals surface area contributed by atoms with Gasteiger partial charge in [0.25, 0.3) is 0 Å². The first kappa shape index (κ1) is 31.6. The van der Waals surface area contributed by atoms with Gasteiger partial charge in [0.1, 0.15) is 28.8 Å². The van der Waals surface area contributed by atoms with Crippen LogP contribution < -0.4 is 24.4 Å². The van der Waals surface area contributed by atoms with Gasteiger partial charge in [0, 0.05) is 85.0 Å². The maximum Gasteiger partial charge on any atom is 0.239 e. The van der Waals surface area contributed by atoms with Gasteiger partial charge in [-0.05, 0) is 31.0 Å². The predicted octanol–water partition coefficient (Wildman–Crippen LogP) is 7.01. The monoisotopic (exact) mass is 694 g/mol. The molecule has 13 heteroatoms. The lowest BCUT2D eigenvalue weighted by Crippen LogP contribution is -2.47. The van der Waals surface area contributed by atoms with E-state index >= 15 is 0 Å². The SMILES string of the molecule is COc1cc(N2CCN(C3CC3)CC2)c(NC(=O)CCl)cc1-c1cc2c(cn1)cc(-c1c(Cl)c(OC)cc(OC)c1Cl)c1nccn12. The number of nitrogens with zero attached hydrogens (tertiary/aromatic N) is 5. The fourth-order valence-electron chi connectivity index (χ4n) is 6.40. The van der Waals surface area contributed by atoms with Crippen molar-refractivity contribution in [2.45, 2.75) is 18.9 Å². The Morgan fingerprint density at radius 3 is 2.23 bits per heavy atom. The van der Waals surface area contributed by atoms with Crippen molar-refractivity contribution in [2.24, 2.45) is 0 Å². The van der Waals surface area contributed by atoms with Crippen molar-refractivity contribution >= 4 is 68.6 Å². The van der Waals surface area contributed by atoms with Crippen molar-refractivity contribution < 1.29 is 19.0 Å². The summed E-state index contributed by atoms with van der Waals surface area (Å²) in [6, 6.07) is 10.2. The van der Waals surface area contributed by atoms with Crippen molar-refractivity contribution in [3.8, 4) is 39.6 Å². The lowest BCUT2D eigenvalue weighted by molar-refractivity contribution is -0.113. The number of nitrogens with one attached hydrogen (secondary N) is 1. The van der Waals surface area contributed by atoms with Gasteiger partial charge in [0.2, 0.25) is 5.91 Å². The zero-order valence-corrected chi connectivity index (χ0v) is 28.4. The summed E-state index contributed by atoms with van der Waals surface area (Å²) < 4.78 is 18.9. The Balaban J connectivity index is 1.34. The molecule has 1 N–H and O–H groups in total. The number of benzene rings is 2. The fourth-order valence-corrected chi connectivity index (χ4v) is 7.17. The molecule has 0 bridgehead atoms. The number of amides is 1. The molecule has 10 nitrogen and oxygen atoms in total. The third-order valence-electron chi connectivity index (χ3n) is 8.90. The van der Waals surface area contributed by atoms with Crippen molar-refractivity contribution in [2.75, 3.05) is 63.6 Å². The number of pyridine rings is 2. The Labute approximate surface area is 287 Å². The van der Waals surface area contributed by atoms with Crippen molar-refractivity contribution in [3.05, 3.63) is 59.0 Å². The van der Waals surface area contributed by atoms with E-state index in [0.717, 1.165) is 48.3 Å². The van der Waals surface area contributed by atoms with Gasteiger partial charge in [-0.3, -0.25) is 19.1 Å². The summed E-state index contributed by atoms with van der Waals surface area (Å²) in [5.74, 6) is 1.06. The largest absolute Gasteiger partial charge is 0.496 e. The zero-order valence-electron chi connectivity index (χ0n) is 26.1. The molecule has 1 aliphatic heterocycles. The lowest BCUT2D eigenvalue weighted by atomic mass is 10.0. The zero-order chi connectivity index (χ0) is 32.8. The van der Waals surface area contributed by atoms with E-state index in [4.69, 9.17) is 54.0 Å². The van der Waals surface area contributed by atoms with E-state index in [9.17, 15) is 4.79 Å². The highest BCUT2D eigenvalue weighted by molar-refractivity contribution is 6.41. The Bertz CT molecular complexity index is 1980. The van der Waals surface area contributed by atoms with Crippen molar-refractivity contribution in [1.82, 2.24) is 19.3 Å². The van der Waals surface area contributed by atoms with Crippen LogP contribution in [0.4, 0.5) is 11.4 Å². The molecule has 3 aromatic heterocycles. The standard InChI is InChI=1S/C34H33Cl3N6O4/c1-45-27-15-26(42-10-8-41(9-11-42)20-4-5-20)24(40-30(44)17-35)13-21(27)23-14-25-19(18-39-23)12-22(34-38-6-7-43(25)34)31-32(36)28(46-2)16-29(47-3)33(31)37/h6-7,12-16,18,20H,4-5,8-11,17H2,1-3H3,(H,40,44). The van der Waals surface area contributed by atoms with E-state index in [2.05, 4.69) is 20.1 Å². The molecule has 4 heterocycles. The summed E-state index contributed by atoms with van der Waals surface area (Å²) in [5, 5.41) is 4.52. The van der Waals surface area contributed by atoms with Gasteiger partial charge in [-0.25, -0.2) is 4.98 Å². The molecule has 0 radical (unpaired) electrons. The number of ether oxygens (including phenoxy) is 3. The summed E-state index contributed by atoms with van der Waals surface area (Å²) in [7, 11) is 4.72. The Hall–Kier alpha value is -3.96. The molecule has 0 spiro atoms. The molecule has 1 saturated carbocycles. The van der Waals surface area contributed by atoms with Crippen molar-refractivity contribution in [1.29, 1.82) is 0 Å². The first-order valence-electron chi connectivity index (χ1n) is 15.3. The number of fused-ring (bicyclic) bond motifs is 3. The minimum absolute atomic E-state index is 0.154. The van der Waals surface area contributed by atoms with Crippen LogP contribution in [0.15, 0.2) is 48.9 Å². The molecule has 5 aromatic rings. The molecule has 2 fully saturated rings. The number of anilines is 2. The molecule has 1 saturated heterocycles. The molecular formula is C34H33Cl3N6O4. The minimum Gasteiger partial charge on any atom is -0.496 e. The lowest BCUT2D eigenvalue weighted by Gasteiger charge is -2.37. The van der Waals surface area contributed by atoms with Crippen LogP contribution in [0.25, 0.3) is 38.9 Å². The molecule has 1 aliphatic carbocycles. The molecule has 47 heavy (non-hydrogen) atoms. The van der Waals surface area contributed by atoms with E-state index in [1.807, 2.05) is 34.9 Å². The quantitative estimate of drug-likeness (QED) is 0.165. The number of carbonyl (C=O) groups is 1. The maximum absolute atomic E-state index is 12.6. The van der Waals surface area contributed by atoms with Gasteiger partial charge in [0.15, 0.2) is 0 Å². The summed E-state index contributed by atoms with van der Waals surface area (Å²) in [4.78, 5) is 26.9. The van der Waals surface area contributed by atoms with Gasteiger partial charge < -0.3 is 24.4 Å². The van der Waals surface area contributed by atoms with Crippen LogP contribution in [0, 0.1) is 0 Å². The first-order chi connectivity index (χ1) is 22.8. The Kier molecular flexibility index (Phi) is 8.69. The molecule has 1 amide bonds. The topological polar surface area (TPSA) is 93.5 Å².